The average Bonchev–Trinajstić information content (AvgIpc) is 2.88. The lowest BCUT2D eigenvalue weighted by Gasteiger charge is -2.28. The highest BCUT2D eigenvalue weighted by atomic mass is 35.5. The van der Waals surface area contributed by atoms with E-state index >= 15 is 0 Å². The van der Waals surface area contributed by atoms with Crippen molar-refractivity contribution in [3.05, 3.63) is 70.2 Å². The van der Waals surface area contributed by atoms with Crippen molar-refractivity contribution in [1.29, 1.82) is 0 Å². The molecular formula is C21H21ClN2O3. The van der Waals surface area contributed by atoms with E-state index in [1.54, 1.807) is 63.4 Å². The smallest absolute Gasteiger partial charge is 0.294 e. The fourth-order valence-electron chi connectivity index (χ4n) is 3.06. The molecule has 0 fully saturated rings. The van der Waals surface area contributed by atoms with Gasteiger partial charge in [-0.25, -0.2) is 0 Å². The molecule has 5 nitrogen and oxygen atoms in total. The van der Waals surface area contributed by atoms with Crippen molar-refractivity contribution in [2.75, 3.05) is 4.90 Å². The molecule has 0 saturated carbocycles. The Balaban J connectivity index is 2.21. The molecule has 0 aliphatic carbocycles. The van der Waals surface area contributed by atoms with Crippen LogP contribution in [0.3, 0.4) is 0 Å². The molecule has 2 heterocycles. The Bertz CT molecular complexity index is 946. The second-order valence-corrected chi connectivity index (χ2v) is 8.01. The van der Waals surface area contributed by atoms with Crippen molar-refractivity contribution in [3.63, 3.8) is 0 Å². The van der Waals surface area contributed by atoms with E-state index in [0.717, 1.165) is 5.56 Å². The van der Waals surface area contributed by atoms with Gasteiger partial charge >= 0.3 is 0 Å². The molecule has 1 aliphatic rings. The maximum Gasteiger partial charge on any atom is 0.294 e. The first-order valence-electron chi connectivity index (χ1n) is 8.61. The number of ketones is 1. The molecule has 140 valence electrons. The van der Waals surface area contributed by atoms with Gasteiger partial charge < -0.3 is 5.11 Å². The quantitative estimate of drug-likeness (QED) is 0.842. The number of aromatic nitrogens is 1. The monoisotopic (exact) mass is 384 g/mol. The van der Waals surface area contributed by atoms with Crippen molar-refractivity contribution >= 4 is 29.0 Å². The first-order valence-corrected chi connectivity index (χ1v) is 8.99. The van der Waals surface area contributed by atoms with Crippen LogP contribution in [0.15, 0.2) is 53.9 Å². The topological polar surface area (TPSA) is 70.5 Å². The van der Waals surface area contributed by atoms with Crippen LogP contribution in [-0.2, 0) is 9.59 Å². The highest BCUT2D eigenvalue weighted by molar-refractivity contribution is 6.31. The number of aliphatic hydroxyl groups is 1. The molecule has 3 rings (SSSR count). The average molecular weight is 385 g/mol. The summed E-state index contributed by atoms with van der Waals surface area (Å²) in [7, 11) is 0. The number of carbonyl (C=O) groups is 2. The number of rotatable bonds is 3. The first-order chi connectivity index (χ1) is 12.6. The van der Waals surface area contributed by atoms with Gasteiger partial charge in [-0.2, -0.15) is 0 Å². The van der Waals surface area contributed by atoms with Gasteiger partial charge in [0.05, 0.1) is 11.3 Å². The zero-order valence-electron chi connectivity index (χ0n) is 15.7. The van der Waals surface area contributed by atoms with E-state index in [2.05, 4.69) is 4.98 Å². The molecule has 1 atom stereocenters. The van der Waals surface area contributed by atoms with Crippen molar-refractivity contribution in [3.8, 4) is 0 Å². The SMILES string of the molecule is Cc1ccc(N2C(=O)C(O)=C(C(=O)C(C)(C)C)C2c2ccccn2)cc1Cl. The van der Waals surface area contributed by atoms with Gasteiger partial charge in [0.1, 0.15) is 6.04 Å². The molecule has 1 unspecified atom stereocenters. The van der Waals surface area contributed by atoms with Crippen molar-refractivity contribution in [2.24, 2.45) is 5.41 Å². The summed E-state index contributed by atoms with van der Waals surface area (Å²) in [6.07, 6.45) is 1.59. The Morgan fingerprint density at radius 3 is 2.48 bits per heavy atom. The van der Waals surface area contributed by atoms with Gasteiger partial charge in [-0.1, -0.05) is 44.5 Å². The third-order valence-corrected chi connectivity index (χ3v) is 4.94. The lowest BCUT2D eigenvalue weighted by Crippen LogP contribution is -2.33. The maximum absolute atomic E-state index is 13.1. The molecule has 2 aromatic rings. The van der Waals surface area contributed by atoms with E-state index in [4.69, 9.17) is 11.6 Å². The number of aliphatic hydroxyl groups excluding tert-OH is 1. The van der Waals surface area contributed by atoms with Crippen LogP contribution in [0.2, 0.25) is 5.02 Å². The fourth-order valence-corrected chi connectivity index (χ4v) is 3.23. The Kier molecular flexibility index (Phi) is 4.82. The number of anilines is 1. The molecule has 0 saturated heterocycles. The molecule has 1 N–H and O–H groups in total. The van der Waals surface area contributed by atoms with Crippen LogP contribution in [-0.4, -0.2) is 21.8 Å². The number of nitrogens with zero attached hydrogens (tertiary/aromatic N) is 2. The van der Waals surface area contributed by atoms with Crippen molar-refractivity contribution in [1.82, 2.24) is 4.98 Å². The van der Waals surface area contributed by atoms with Crippen molar-refractivity contribution in [2.45, 2.75) is 33.7 Å². The number of Topliss-reactive ketones (excluding diaryl/α,β-unsaturated/α-hetero) is 1. The molecule has 0 bridgehead atoms. The number of amides is 1. The molecule has 0 spiro atoms. The molecular weight excluding hydrogens is 364 g/mol. The molecule has 1 amide bonds. The standard InChI is InChI=1S/C21H21ClN2O3/c1-12-8-9-13(11-14(12)22)24-17(15-7-5-6-10-23-15)16(18(25)20(24)27)19(26)21(2,3)4/h5-11,17,25H,1-4H3. The van der Waals surface area contributed by atoms with E-state index in [0.29, 0.717) is 16.4 Å². The van der Waals surface area contributed by atoms with Gasteiger partial charge in [-0.15, -0.1) is 0 Å². The molecule has 1 aromatic heterocycles. The number of benzene rings is 1. The summed E-state index contributed by atoms with van der Waals surface area (Å²) >= 11 is 6.24. The summed E-state index contributed by atoms with van der Waals surface area (Å²) in [5, 5.41) is 11.1. The number of aryl methyl sites for hydroxylation is 1. The normalized spacial score (nSPS) is 17.6. The molecule has 1 aromatic carbocycles. The lowest BCUT2D eigenvalue weighted by molar-refractivity contribution is -0.123. The van der Waals surface area contributed by atoms with E-state index < -0.39 is 23.1 Å². The molecule has 0 radical (unpaired) electrons. The van der Waals surface area contributed by atoms with Crippen LogP contribution in [0.4, 0.5) is 5.69 Å². The van der Waals surface area contributed by atoms with E-state index in [9.17, 15) is 14.7 Å². The highest BCUT2D eigenvalue weighted by Gasteiger charge is 2.47. The first kappa shape index (κ1) is 19.1. The van der Waals surface area contributed by atoms with Crippen LogP contribution in [0.5, 0.6) is 0 Å². The van der Waals surface area contributed by atoms with Crippen LogP contribution in [0.1, 0.15) is 38.1 Å². The maximum atomic E-state index is 13.1. The molecule has 6 heteroatoms. The number of hydrogen-bond acceptors (Lipinski definition) is 4. The second-order valence-electron chi connectivity index (χ2n) is 7.61. The largest absolute Gasteiger partial charge is 0.503 e. The minimum atomic E-state index is -0.816. The zero-order valence-corrected chi connectivity index (χ0v) is 16.4. The van der Waals surface area contributed by atoms with Gasteiger partial charge in [0.15, 0.2) is 11.5 Å². The molecule has 1 aliphatic heterocycles. The molecule has 27 heavy (non-hydrogen) atoms. The summed E-state index contributed by atoms with van der Waals surface area (Å²) < 4.78 is 0. The number of halogens is 1. The van der Waals surface area contributed by atoms with E-state index in [1.165, 1.54) is 4.90 Å². The Morgan fingerprint density at radius 1 is 1.22 bits per heavy atom. The van der Waals surface area contributed by atoms with Gasteiger partial charge in [-0.05, 0) is 36.8 Å². The third-order valence-electron chi connectivity index (χ3n) is 4.54. The van der Waals surface area contributed by atoms with E-state index in [1.807, 2.05) is 6.92 Å². The number of hydrogen-bond donors (Lipinski definition) is 1. The number of carbonyl (C=O) groups excluding carboxylic acids is 2. The summed E-state index contributed by atoms with van der Waals surface area (Å²) in [5.41, 5.74) is 1.15. The Hall–Kier alpha value is -2.66. The summed E-state index contributed by atoms with van der Waals surface area (Å²) in [5.74, 6) is -1.48. The predicted octanol–water partition coefficient (Wildman–Crippen LogP) is 4.56. The predicted molar refractivity (Wildman–Crippen MR) is 105 cm³/mol. The Labute approximate surface area is 163 Å². The summed E-state index contributed by atoms with van der Waals surface area (Å²) in [6.45, 7) is 7.11. The van der Waals surface area contributed by atoms with Gasteiger partial charge in [-0.3, -0.25) is 19.5 Å². The minimum Gasteiger partial charge on any atom is -0.503 e. The van der Waals surface area contributed by atoms with Crippen LogP contribution >= 0.6 is 11.6 Å². The van der Waals surface area contributed by atoms with Gasteiger partial charge in [0, 0.05) is 22.3 Å². The third kappa shape index (κ3) is 3.35. The second kappa shape index (κ2) is 6.82. The number of pyridine rings is 1. The Morgan fingerprint density at radius 2 is 1.93 bits per heavy atom. The highest BCUT2D eigenvalue weighted by Crippen LogP contribution is 2.43. The van der Waals surface area contributed by atoms with Crippen molar-refractivity contribution < 1.29 is 14.7 Å². The summed E-state index contributed by atoms with van der Waals surface area (Å²) in [6, 6.07) is 9.64. The van der Waals surface area contributed by atoms with Gasteiger partial charge in [0.2, 0.25) is 0 Å². The van der Waals surface area contributed by atoms with Gasteiger partial charge in [0.25, 0.3) is 5.91 Å². The van der Waals surface area contributed by atoms with Crippen LogP contribution in [0.25, 0.3) is 0 Å². The lowest BCUT2D eigenvalue weighted by atomic mass is 9.83. The van der Waals surface area contributed by atoms with Crippen LogP contribution < -0.4 is 4.90 Å². The summed E-state index contributed by atoms with van der Waals surface area (Å²) in [4.78, 5) is 31.7. The fraction of sp³-hybridized carbons (Fsp3) is 0.286. The van der Waals surface area contributed by atoms with Crippen LogP contribution in [0, 0.1) is 12.3 Å². The minimum absolute atomic E-state index is 0.0582. The van der Waals surface area contributed by atoms with E-state index in [-0.39, 0.29) is 11.4 Å². The zero-order chi connectivity index (χ0) is 19.9.